The number of alkyl carbamates (subject to hydrolysis) is 2. The molecule has 0 aliphatic carbocycles. The Labute approximate surface area is 349 Å². The zero-order chi connectivity index (χ0) is 43.6. The van der Waals surface area contributed by atoms with Gasteiger partial charge in [0.25, 0.3) is 5.91 Å². The van der Waals surface area contributed by atoms with E-state index in [1.807, 2.05) is 67.6 Å². The van der Waals surface area contributed by atoms with Crippen LogP contribution in [0.25, 0.3) is 0 Å². The fourth-order valence-corrected chi connectivity index (χ4v) is 6.36. The second-order valence-electron chi connectivity index (χ2n) is 16.6. The van der Waals surface area contributed by atoms with E-state index in [0.717, 1.165) is 32.1 Å². The summed E-state index contributed by atoms with van der Waals surface area (Å²) >= 11 is 0. The predicted octanol–water partition coefficient (Wildman–Crippen LogP) is 7.87. The summed E-state index contributed by atoms with van der Waals surface area (Å²) in [7, 11) is 0. The number of benzene rings is 2. The number of hydrogen-bond acceptors (Lipinski definition) is 10. The van der Waals surface area contributed by atoms with Crippen LogP contribution >= 0.6 is 0 Å². The van der Waals surface area contributed by atoms with E-state index in [0.29, 0.717) is 30.6 Å². The highest BCUT2D eigenvalue weighted by Gasteiger charge is 2.44. The zero-order valence-electron chi connectivity index (χ0n) is 36.3. The molecule has 324 valence electrons. The van der Waals surface area contributed by atoms with Crippen molar-refractivity contribution in [1.29, 1.82) is 0 Å². The molecule has 0 aromatic heterocycles. The van der Waals surface area contributed by atoms with E-state index in [4.69, 9.17) is 18.9 Å². The second kappa shape index (κ2) is 23.3. The fraction of sp³-hybridized carbons (Fsp3) is 0.556. The number of nitrogens with zero attached hydrogens (tertiary/aromatic N) is 2. The average molecular weight is 820 g/mol. The third-order valence-corrected chi connectivity index (χ3v) is 8.87. The Balaban J connectivity index is 2.15. The SMILES string of the molecule is CCCCCCCCCN(CCC)C(=O)[C@@H]1OC(C(=O)OC(c2ccccc2)c2ccccc2)=C[C@H](N=C(NC(=O)OC(C)(C)C)NC(=O)OC(C)(C)C)[C@H]1NC(C)=O. The minimum absolute atomic E-state index is 0.350. The van der Waals surface area contributed by atoms with Crippen molar-refractivity contribution in [2.24, 2.45) is 4.99 Å². The van der Waals surface area contributed by atoms with Gasteiger partial charge in [-0.1, -0.05) is 113 Å². The number of rotatable bonds is 17. The molecule has 0 spiro atoms. The van der Waals surface area contributed by atoms with Gasteiger partial charge in [0.15, 0.2) is 12.2 Å². The van der Waals surface area contributed by atoms with Crippen molar-refractivity contribution in [3.63, 3.8) is 0 Å². The molecule has 1 aliphatic rings. The number of aliphatic imine (C=N–C) groups is 1. The monoisotopic (exact) mass is 819 g/mol. The summed E-state index contributed by atoms with van der Waals surface area (Å²) in [6, 6.07) is 15.9. The van der Waals surface area contributed by atoms with Gasteiger partial charge in [-0.2, -0.15) is 0 Å². The minimum Gasteiger partial charge on any atom is -0.471 e. The van der Waals surface area contributed by atoms with Crippen LogP contribution in [0.15, 0.2) is 77.5 Å². The molecule has 0 bridgehead atoms. The first-order valence-electron chi connectivity index (χ1n) is 20.7. The maximum atomic E-state index is 14.7. The van der Waals surface area contributed by atoms with Gasteiger partial charge < -0.3 is 29.2 Å². The average Bonchev–Trinajstić information content (AvgIpc) is 3.15. The standard InChI is InChI=1S/C45H65N5O9/c1-10-12-13-14-15-16-23-29-50(28-11-2)39(52)38-36(46-31(3)51)34(47-41(48-42(54)58-44(4,5)6)49-43(55)59-45(7,8)9)30-35(56-38)40(53)57-37(32-24-19-17-20-25-32)33-26-21-18-22-27-33/h17-22,24-27,30,34,36-38H,10-16,23,28-29H2,1-9H3,(H,46,51)(H2,47,48,49,54,55)/t34-,36+,38+/m0/s1. The van der Waals surface area contributed by atoms with Crippen LogP contribution in [0.1, 0.15) is 131 Å². The van der Waals surface area contributed by atoms with Crippen molar-refractivity contribution < 1.29 is 42.9 Å². The number of hydrogen-bond donors (Lipinski definition) is 3. The van der Waals surface area contributed by atoms with E-state index in [1.165, 1.54) is 25.8 Å². The van der Waals surface area contributed by atoms with Gasteiger partial charge in [-0.15, -0.1) is 0 Å². The molecule has 3 atom stereocenters. The fourth-order valence-electron chi connectivity index (χ4n) is 6.36. The van der Waals surface area contributed by atoms with E-state index >= 15 is 0 Å². The van der Waals surface area contributed by atoms with Gasteiger partial charge in [-0.05, 0) is 71.6 Å². The Bertz CT molecular complexity index is 1660. The Morgan fingerprint density at radius 3 is 1.71 bits per heavy atom. The third kappa shape index (κ3) is 17.2. The summed E-state index contributed by atoms with van der Waals surface area (Å²) in [5.74, 6) is -2.67. The maximum Gasteiger partial charge on any atom is 0.414 e. The van der Waals surface area contributed by atoms with Crippen LogP contribution in [0, 0.1) is 0 Å². The Kier molecular flexibility index (Phi) is 18.9. The van der Waals surface area contributed by atoms with Gasteiger partial charge in [0.05, 0.1) is 0 Å². The van der Waals surface area contributed by atoms with Crippen LogP contribution in [0.2, 0.25) is 0 Å². The van der Waals surface area contributed by atoms with E-state index < -0.39 is 71.4 Å². The highest BCUT2D eigenvalue weighted by molar-refractivity contribution is 6.01. The Morgan fingerprint density at radius 1 is 0.729 bits per heavy atom. The number of amides is 4. The van der Waals surface area contributed by atoms with Crippen LogP contribution in [0.3, 0.4) is 0 Å². The van der Waals surface area contributed by atoms with Crippen molar-refractivity contribution >= 4 is 35.9 Å². The second-order valence-corrected chi connectivity index (χ2v) is 16.6. The summed E-state index contributed by atoms with van der Waals surface area (Å²) in [5, 5.41) is 7.70. The number of guanidine groups is 1. The molecule has 1 aliphatic heterocycles. The summed E-state index contributed by atoms with van der Waals surface area (Å²) in [6.07, 6.45) is 5.06. The Morgan fingerprint density at radius 2 is 1.24 bits per heavy atom. The molecule has 2 aromatic carbocycles. The zero-order valence-corrected chi connectivity index (χ0v) is 36.3. The van der Waals surface area contributed by atoms with Gasteiger partial charge in [-0.3, -0.25) is 20.2 Å². The molecular weight excluding hydrogens is 755 g/mol. The maximum absolute atomic E-state index is 14.7. The van der Waals surface area contributed by atoms with Gasteiger partial charge in [0, 0.05) is 20.0 Å². The van der Waals surface area contributed by atoms with Gasteiger partial charge in [0.2, 0.25) is 17.6 Å². The van der Waals surface area contributed by atoms with Gasteiger partial charge in [-0.25, -0.2) is 19.4 Å². The molecule has 0 saturated heterocycles. The number of ether oxygens (including phenoxy) is 4. The summed E-state index contributed by atoms with van der Waals surface area (Å²) in [4.78, 5) is 74.3. The third-order valence-electron chi connectivity index (χ3n) is 8.87. The first kappa shape index (κ1) is 48.0. The van der Waals surface area contributed by atoms with E-state index in [2.05, 4.69) is 27.9 Å². The number of nitrogens with one attached hydrogen (secondary N) is 3. The molecule has 14 nitrogen and oxygen atoms in total. The molecule has 0 unspecified atom stereocenters. The molecule has 1 heterocycles. The Hall–Kier alpha value is -5.40. The molecule has 0 saturated carbocycles. The van der Waals surface area contributed by atoms with Crippen LogP contribution < -0.4 is 16.0 Å². The molecule has 2 aromatic rings. The first-order chi connectivity index (χ1) is 27.9. The number of unbranched alkanes of at least 4 members (excludes halogenated alkanes) is 6. The quantitative estimate of drug-likeness (QED) is 0.0472. The lowest BCUT2D eigenvalue weighted by Crippen LogP contribution is -2.59. The van der Waals surface area contributed by atoms with Crippen LogP contribution in [-0.4, -0.2) is 83.3 Å². The molecule has 0 radical (unpaired) electrons. The van der Waals surface area contributed by atoms with Crippen LogP contribution in [-0.2, 0) is 33.3 Å². The normalized spacial score (nSPS) is 16.4. The van der Waals surface area contributed by atoms with Gasteiger partial charge in [0.1, 0.15) is 23.3 Å². The molecule has 3 rings (SSSR count). The summed E-state index contributed by atoms with van der Waals surface area (Å²) < 4.78 is 23.3. The van der Waals surface area contributed by atoms with E-state index in [1.54, 1.807) is 46.4 Å². The largest absolute Gasteiger partial charge is 0.471 e. The van der Waals surface area contributed by atoms with Crippen molar-refractivity contribution in [3.05, 3.63) is 83.6 Å². The lowest BCUT2D eigenvalue weighted by Gasteiger charge is -2.37. The number of carbonyl (C=O) groups is 5. The summed E-state index contributed by atoms with van der Waals surface area (Å²) in [6.45, 7) is 16.2. The lowest BCUT2D eigenvalue weighted by molar-refractivity contribution is -0.154. The molecular formula is C45H65N5O9. The molecule has 4 amide bonds. The van der Waals surface area contributed by atoms with Crippen molar-refractivity contribution in [3.8, 4) is 0 Å². The minimum atomic E-state index is -1.47. The molecule has 0 fully saturated rings. The van der Waals surface area contributed by atoms with E-state index in [9.17, 15) is 24.0 Å². The summed E-state index contributed by atoms with van der Waals surface area (Å²) in [5.41, 5.74) is -0.454. The molecule has 14 heteroatoms. The molecule has 3 N–H and O–H groups in total. The van der Waals surface area contributed by atoms with Gasteiger partial charge >= 0.3 is 18.2 Å². The highest BCUT2D eigenvalue weighted by Crippen LogP contribution is 2.30. The van der Waals surface area contributed by atoms with E-state index in [-0.39, 0.29) is 5.76 Å². The van der Waals surface area contributed by atoms with Crippen molar-refractivity contribution in [1.82, 2.24) is 20.9 Å². The van der Waals surface area contributed by atoms with Crippen molar-refractivity contribution in [2.45, 2.75) is 149 Å². The topological polar surface area (TPSA) is 174 Å². The predicted molar refractivity (Wildman–Crippen MR) is 226 cm³/mol. The van der Waals surface area contributed by atoms with Crippen LogP contribution in [0.5, 0.6) is 0 Å². The lowest BCUT2D eigenvalue weighted by atomic mass is 9.96. The van der Waals surface area contributed by atoms with Crippen molar-refractivity contribution in [2.75, 3.05) is 13.1 Å². The number of esters is 1. The highest BCUT2D eigenvalue weighted by atomic mass is 16.6. The van der Waals surface area contributed by atoms with Crippen LogP contribution in [0.4, 0.5) is 9.59 Å². The number of carbonyl (C=O) groups excluding carboxylic acids is 5. The first-order valence-corrected chi connectivity index (χ1v) is 20.7. The smallest absolute Gasteiger partial charge is 0.414 e. The molecule has 59 heavy (non-hydrogen) atoms.